The predicted molar refractivity (Wildman–Crippen MR) is 56.8 cm³/mol. The predicted octanol–water partition coefficient (Wildman–Crippen LogP) is 2.54. The van der Waals surface area contributed by atoms with E-state index < -0.39 is 12.4 Å². The van der Waals surface area contributed by atoms with Crippen molar-refractivity contribution in [1.82, 2.24) is 9.78 Å². The molecule has 1 aromatic carbocycles. The van der Waals surface area contributed by atoms with Gasteiger partial charge in [-0.2, -0.15) is 13.9 Å². The molecule has 0 saturated carbocycles. The van der Waals surface area contributed by atoms with E-state index in [0.717, 1.165) is 0 Å². The number of nitrogens with two attached hydrogens (primary N) is 1. The molecule has 1 aromatic heterocycles. The van der Waals surface area contributed by atoms with Gasteiger partial charge in [0.2, 0.25) is 0 Å². The van der Waals surface area contributed by atoms with Crippen molar-refractivity contribution in [2.75, 3.05) is 0 Å². The molecule has 17 heavy (non-hydrogen) atoms. The lowest BCUT2D eigenvalue weighted by Gasteiger charge is -2.02. The maximum Gasteiger partial charge on any atom is 0.333 e. The minimum absolute atomic E-state index is 0.0996. The Hall–Kier alpha value is -1.82. The fraction of sp³-hybridized carbons (Fsp3) is 0.182. The van der Waals surface area contributed by atoms with Gasteiger partial charge in [-0.1, -0.05) is 12.1 Å². The van der Waals surface area contributed by atoms with Crippen molar-refractivity contribution in [3.05, 3.63) is 42.0 Å². The van der Waals surface area contributed by atoms with Crippen LogP contribution >= 0.6 is 0 Å². The van der Waals surface area contributed by atoms with Crippen LogP contribution in [-0.4, -0.2) is 9.78 Å². The van der Waals surface area contributed by atoms with Crippen molar-refractivity contribution < 1.29 is 13.2 Å². The normalized spacial score (nSPS) is 11.1. The molecule has 2 rings (SSSR count). The van der Waals surface area contributed by atoms with Crippen molar-refractivity contribution in [1.29, 1.82) is 0 Å². The zero-order valence-electron chi connectivity index (χ0n) is 8.78. The van der Waals surface area contributed by atoms with Crippen molar-refractivity contribution in [2.45, 2.75) is 13.1 Å². The maximum absolute atomic E-state index is 13.4. The summed E-state index contributed by atoms with van der Waals surface area (Å²) in [6, 6.07) is 4.41. The van der Waals surface area contributed by atoms with Crippen LogP contribution in [0.1, 0.15) is 12.1 Å². The highest BCUT2D eigenvalue weighted by atomic mass is 19.3. The topological polar surface area (TPSA) is 43.8 Å². The van der Waals surface area contributed by atoms with E-state index in [1.165, 1.54) is 24.5 Å². The Morgan fingerprint density at radius 2 is 2.06 bits per heavy atom. The lowest BCUT2D eigenvalue weighted by Crippen LogP contribution is -1.99. The molecule has 0 fully saturated rings. The minimum Gasteiger partial charge on any atom is -0.326 e. The third-order valence-corrected chi connectivity index (χ3v) is 2.41. The maximum atomic E-state index is 13.4. The highest BCUT2D eigenvalue weighted by molar-refractivity contribution is 5.62. The summed E-state index contributed by atoms with van der Waals surface area (Å²) in [7, 11) is 0. The summed E-state index contributed by atoms with van der Waals surface area (Å²) >= 11 is 0. The largest absolute Gasteiger partial charge is 0.333 e. The summed E-state index contributed by atoms with van der Waals surface area (Å²) in [5, 5.41) is 3.48. The number of nitrogens with zero attached hydrogens (tertiary/aromatic N) is 2. The summed E-state index contributed by atoms with van der Waals surface area (Å²) in [6.07, 6.45) is 2.44. The molecule has 0 radical (unpaired) electrons. The van der Waals surface area contributed by atoms with Gasteiger partial charge in [0, 0.05) is 23.9 Å². The smallest absolute Gasteiger partial charge is 0.326 e. The van der Waals surface area contributed by atoms with E-state index in [0.29, 0.717) is 21.4 Å². The van der Waals surface area contributed by atoms with Crippen molar-refractivity contribution >= 4 is 0 Å². The number of rotatable bonds is 3. The van der Waals surface area contributed by atoms with Crippen LogP contribution in [-0.2, 0) is 6.54 Å². The Bertz CT molecular complexity index is 522. The lowest BCUT2D eigenvalue weighted by molar-refractivity contribution is 0.0566. The SMILES string of the molecule is NCc1ccc(-c2cnn(C(F)F)c2)cc1F. The molecular formula is C11H10F3N3. The van der Waals surface area contributed by atoms with E-state index >= 15 is 0 Å². The summed E-state index contributed by atoms with van der Waals surface area (Å²) in [5.74, 6) is -0.449. The monoisotopic (exact) mass is 241 g/mol. The zero-order valence-corrected chi connectivity index (χ0v) is 8.78. The summed E-state index contributed by atoms with van der Waals surface area (Å²) in [5.41, 5.74) is 6.64. The summed E-state index contributed by atoms with van der Waals surface area (Å²) < 4.78 is 38.6. The van der Waals surface area contributed by atoms with Gasteiger partial charge in [-0.15, -0.1) is 0 Å². The molecule has 0 spiro atoms. The average molecular weight is 241 g/mol. The Labute approximate surface area is 95.7 Å². The Morgan fingerprint density at radius 1 is 1.29 bits per heavy atom. The molecule has 0 atom stereocenters. The Balaban J connectivity index is 2.36. The van der Waals surface area contributed by atoms with E-state index in [-0.39, 0.29) is 6.54 Å². The molecule has 1 heterocycles. The molecular weight excluding hydrogens is 231 g/mol. The third-order valence-electron chi connectivity index (χ3n) is 2.41. The number of hydrogen-bond donors (Lipinski definition) is 1. The second-order valence-electron chi connectivity index (χ2n) is 3.50. The van der Waals surface area contributed by atoms with Gasteiger partial charge in [0.05, 0.1) is 6.20 Å². The standard InChI is InChI=1S/C11H10F3N3/c12-10-3-7(1-2-8(10)4-15)9-5-16-17(6-9)11(13)14/h1-3,5-6,11H,4,15H2. The first-order chi connectivity index (χ1) is 8.11. The van der Waals surface area contributed by atoms with Gasteiger partial charge in [0.25, 0.3) is 0 Å². The van der Waals surface area contributed by atoms with E-state index in [1.807, 2.05) is 0 Å². The molecule has 0 aliphatic carbocycles. The van der Waals surface area contributed by atoms with Crippen LogP contribution in [0.4, 0.5) is 13.2 Å². The fourth-order valence-electron chi connectivity index (χ4n) is 1.49. The van der Waals surface area contributed by atoms with Crippen molar-refractivity contribution in [3.8, 4) is 11.1 Å². The molecule has 6 heteroatoms. The average Bonchev–Trinajstić information content (AvgIpc) is 2.78. The Morgan fingerprint density at radius 3 is 2.59 bits per heavy atom. The van der Waals surface area contributed by atoms with Gasteiger partial charge in [-0.3, -0.25) is 0 Å². The van der Waals surface area contributed by atoms with Crippen molar-refractivity contribution in [2.24, 2.45) is 5.73 Å². The van der Waals surface area contributed by atoms with Crippen LogP contribution in [0.3, 0.4) is 0 Å². The van der Waals surface area contributed by atoms with E-state index in [1.54, 1.807) is 6.07 Å². The second kappa shape index (κ2) is 4.58. The first kappa shape index (κ1) is 11.7. The highest BCUT2D eigenvalue weighted by Crippen LogP contribution is 2.22. The zero-order chi connectivity index (χ0) is 12.4. The molecule has 2 N–H and O–H groups in total. The fourth-order valence-corrected chi connectivity index (χ4v) is 1.49. The van der Waals surface area contributed by atoms with Gasteiger partial charge < -0.3 is 5.73 Å². The summed E-state index contributed by atoms with van der Waals surface area (Å²) in [4.78, 5) is 0. The van der Waals surface area contributed by atoms with Crippen LogP contribution in [0, 0.1) is 5.82 Å². The van der Waals surface area contributed by atoms with Crippen LogP contribution in [0.25, 0.3) is 11.1 Å². The van der Waals surface area contributed by atoms with E-state index in [9.17, 15) is 13.2 Å². The molecule has 0 amide bonds. The number of halogens is 3. The van der Waals surface area contributed by atoms with Crippen LogP contribution in [0.5, 0.6) is 0 Å². The molecule has 0 unspecified atom stereocenters. The quantitative estimate of drug-likeness (QED) is 0.897. The number of hydrogen-bond acceptors (Lipinski definition) is 2. The van der Waals surface area contributed by atoms with Gasteiger partial charge in [-0.25, -0.2) is 9.07 Å². The van der Waals surface area contributed by atoms with Crippen LogP contribution in [0.2, 0.25) is 0 Å². The molecule has 0 saturated heterocycles. The molecule has 0 aliphatic rings. The number of aromatic nitrogens is 2. The van der Waals surface area contributed by atoms with Gasteiger partial charge in [-0.05, 0) is 11.6 Å². The van der Waals surface area contributed by atoms with Crippen LogP contribution < -0.4 is 5.73 Å². The van der Waals surface area contributed by atoms with Crippen molar-refractivity contribution in [3.63, 3.8) is 0 Å². The molecule has 90 valence electrons. The third kappa shape index (κ3) is 2.31. The summed E-state index contributed by atoms with van der Waals surface area (Å²) in [6.45, 7) is -2.60. The van der Waals surface area contributed by atoms with Gasteiger partial charge in [0.1, 0.15) is 5.82 Å². The van der Waals surface area contributed by atoms with E-state index in [2.05, 4.69) is 5.10 Å². The first-order valence-electron chi connectivity index (χ1n) is 4.93. The van der Waals surface area contributed by atoms with Gasteiger partial charge in [0.15, 0.2) is 0 Å². The minimum atomic E-state index is -2.70. The first-order valence-corrected chi connectivity index (χ1v) is 4.93. The van der Waals surface area contributed by atoms with E-state index in [4.69, 9.17) is 5.73 Å². The molecule has 3 nitrogen and oxygen atoms in total. The molecule has 0 aliphatic heterocycles. The molecule has 0 bridgehead atoms. The highest BCUT2D eigenvalue weighted by Gasteiger charge is 2.10. The Kier molecular flexibility index (Phi) is 3.14. The van der Waals surface area contributed by atoms with Gasteiger partial charge >= 0.3 is 6.55 Å². The number of alkyl halides is 2. The second-order valence-corrected chi connectivity index (χ2v) is 3.50. The number of benzene rings is 1. The van der Waals surface area contributed by atoms with Crippen LogP contribution in [0.15, 0.2) is 30.6 Å². The molecule has 2 aromatic rings. The lowest BCUT2D eigenvalue weighted by atomic mass is 10.1.